The Morgan fingerprint density at radius 1 is 0.804 bits per heavy atom. The van der Waals surface area contributed by atoms with E-state index in [9.17, 15) is 18.0 Å². The van der Waals surface area contributed by atoms with Crippen molar-refractivity contribution < 1.29 is 22.7 Å². The van der Waals surface area contributed by atoms with E-state index in [1.165, 1.54) is 17.0 Å². The molecule has 1 aliphatic carbocycles. The van der Waals surface area contributed by atoms with Gasteiger partial charge in [0, 0.05) is 19.0 Å². The van der Waals surface area contributed by atoms with Gasteiger partial charge in [-0.25, -0.2) is 8.42 Å². The van der Waals surface area contributed by atoms with E-state index in [1.54, 1.807) is 42.5 Å². The third-order valence-corrected chi connectivity index (χ3v) is 10.0. The Hall–Kier alpha value is -4.63. The van der Waals surface area contributed by atoms with Gasteiger partial charge in [0.15, 0.2) is 0 Å². The van der Waals surface area contributed by atoms with Crippen molar-refractivity contribution in [3.05, 3.63) is 126 Å². The van der Waals surface area contributed by atoms with Crippen molar-refractivity contribution in [2.45, 2.75) is 62.6 Å². The van der Waals surface area contributed by atoms with Gasteiger partial charge in [0.05, 0.1) is 17.2 Å². The molecule has 240 valence electrons. The van der Waals surface area contributed by atoms with Gasteiger partial charge in [-0.2, -0.15) is 0 Å². The Bertz CT molecular complexity index is 1660. The van der Waals surface area contributed by atoms with Gasteiger partial charge in [0.2, 0.25) is 11.8 Å². The summed E-state index contributed by atoms with van der Waals surface area (Å²) in [6.07, 6.45) is 4.19. The van der Waals surface area contributed by atoms with E-state index in [0.717, 1.165) is 41.1 Å². The molecule has 5 rings (SSSR count). The number of sulfonamides is 1. The molecule has 0 spiro atoms. The number of nitrogens with zero attached hydrogens (tertiary/aromatic N) is 2. The van der Waals surface area contributed by atoms with E-state index in [1.807, 2.05) is 67.6 Å². The van der Waals surface area contributed by atoms with Gasteiger partial charge in [-0.3, -0.25) is 13.9 Å². The Kier molecular flexibility index (Phi) is 11.1. The standard InChI is InChI=1S/C37H41N3O5S/c1-2-45-33-24-22-32(23-25-33)40(46(43,44)34-20-10-5-11-21-34)28-36(41)39(27-30-16-8-4-9-17-30)35(26-29-14-6-3-7-15-29)37(42)38-31-18-12-13-19-31/h3-11,14-17,20-25,31,35H,2,12-13,18-19,26-28H2,1H3,(H,38,42)/t35-/m0/s1. The molecular weight excluding hydrogens is 598 g/mol. The molecule has 0 unspecified atom stereocenters. The summed E-state index contributed by atoms with van der Waals surface area (Å²) in [5, 5.41) is 3.20. The summed E-state index contributed by atoms with van der Waals surface area (Å²) in [6.45, 7) is 1.97. The van der Waals surface area contributed by atoms with Gasteiger partial charge in [-0.05, 0) is 67.3 Å². The maximum Gasteiger partial charge on any atom is 0.264 e. The van der Waals surface area contributed by atoms with Crippen LogP contribution in [0.25, 0.3) is 0 Å². The molecule has 0 saturated heterocycles. The highest BCUT2D eigenvalue weighted by molar-refractivity contribution is 7.92. The molecule has 9 heteroatoms. The van der Waals surface area contributed by atoms with Crippen LogP contribution in [0.5, 0.6) is 5.75 Å². The highest BCUT2D eigenvalue weighted by atomic mass is 32.2. The maximum absolute atomic E-state index is 14.6. The van der Waals surface area contributed by atoms with E-state index in [4.69, 9.17) is 4.74 Å². The lowest BCUT2D eigenvalue weighted by molar-refractivity contribution is -0.140. The Morgan fingerprint density at radius 2 is 1.37 bits per heavy atom. The molecule has 0 heterocycles. The first kappa shape index (κ1) is 32.8. The van der Waals surface area contributed by atoms with Crippen LogP contribution in [0, 0.1) is 0 Å². The number of hydrogen-bond donors (Lipinski definition) is 1. The van der Waals surface area contributed by atoms with Gasteiger partial charge in [0.25, 0.3) is 10.0 Å². The second-order valence-corrected chi connectivity index (χ2v) is 13.3. The van der Waals surface area contributed by atoms with E-state index < -0.39 is 28.5 Å². The van der Waals surface area contributed by atoms with Gasteiger partial charge in [-0.15, -0.1) is 0 Å². The normalized spacial score (nSPS) is 13.9. The topological polar surface area (TPSA) is 96.0 Å². The fourth-order valence-electron chi connectivity index (χ4n) is 5.83. The van der Waals surface area contributed by atoms with Gasteiger partial charge in [-0.1, -0.05) is 91.7 Å². The van der Waals surface area contributed by atoms with Crippen molar-refractivity contribution in [2.24, 2.45) is 0 Å². The lowest BCUT2D eigenvalue weighted by Gasteiger charge is -2.34. The molecule has 46 heavy (non-hydrogen) atoms. The van der Waals surface area contributed by atoms with Crippen molar-refractivity contribution in [3.63, 3.8) is 0 Å². The Balaban J connectivity index is 1.54. The van der Waals surface area contributed by atoms with Crippen LogP contribution in [0.2, 0.25) is 0 Å². The number of carbonyl (C=O) groups excluding carboxylic acids is 2. The molecule has 0 radical (unpaired) electrons. The SMILES string of the molecule is CCOc1ccc(N(CC(=O)N(Cc2ccccc2)[C@@H](Cc2ccccc2)C(=O)NC2CCCC2)S(=O)(=O)c2ccccc2)cc1. The number of benzene rings is 4. The van der Waals surface area contributed by atoms with Gasteiger partial charge >= 0.3 is 0 Å². The second kappa shape index (κ2) is 15.6. The third kappa shape index (κ3) is 8.34. The molecule has 1 aliphatic rings. The van der Waals surface area contributed by atoms with Crippen LogP contribution < -0.4 is 14.4 Å². The zero-order chi connectivity index (χ0) is 32.4. The first-order valence-corrected chi connectivity index (χ1v) is 17.3. The zero-order valence-corrected chi connectivity index (χ0v) is 26.9. The minimum Gasteiger partial charge on any atom is -0.494 e. The van der Waals surface area contributed by atoms with E-state index in [-0.39, 0.29) is 29.8 Å². The van der Waals surface area contributed by atoms with Crippen molar-refractivity contribution in [1.29, 1.82) is 0 Å². The van der Waals surface area contributed by atoms with Crippen LogP contribution in [-0.2, 0) is 32.6 Å². The molecule has 0 aliphatic heterocycles. The Morgan fingerprint density at radius 3 is 1.96 bits per heavy atom. The summed E-state index contributed by atoms with van der Waals surface area (Å²) >= 11 is 0. The molecule has 1 fully saturated rings. The third-order valence-electron chi connectivity index (χ3n) is 8.21. The highest BCUT2D eigenvalue weighted by Crippen LogP contribution is 2.27. The Labute approximate surface area is 272 Å². The van der Waals surface area contributed by atoms with Crippen LogP contribution >= 0.6 is 0 Å². The largest absolute Gasteiger partial charge is 0.494 e. The predicted octanol–water partition coefficient (Wildman–Crippen LogP) is 5.98. The maximum atomic E-state index is 14.6. The molecule has 4 aromatic rings. The lowest BCUT2D eigenvalue weighted by atomic mass is 10.0. The summed E-state index contributed by atoms with van der Waals surface area (Å²) in [4.78, 5) is 30.2. The number of rotatable bonds is 14. The summed E-state index contributed by atoms with van der Waals surface area (Å²) in [6, 6.07) is 33.0. The molecule has 8 nitrogen and oxygen atoms in total. The molecule has 4 aromatic carbocycles. The lowest BCUT2D eigenvalue weighted by Crippen LogP contribution is -2.54. The number of nitrogens with one attached hydrogen (secondary N) is 1. The quantitative estimate of drug-likeness (QED) is 0.183. The van der Waals surface area contributed by atoms with Crippen LogP contribution in [0.1, 0.15) is 43.7 Å². The summed E-state index contributed by atoms with van der Waals surface area (Å²) in [5.41, 5.74) is 2.05. The molecule has 1 N–H and O–H groups in total. The van der Waals surface area contributed by atoms with E-state index >= 15 is 0 Å². The monoisotopic (exact) mass is 639 g/mol. The first-order valence-electron chi connectivity index (χ1n) is 15.8. The zero-order valence-electron chi connectivity index (χ0n) is 26.1. The van der Waals surface area contributed by atoms with Crippen LogP contribution in [-0.4, -0.2) is 50.4 Å². The smallest absolute Gasteiger partial charge is 0.264 e. The summed E-state index contributed by atoms with van der Waals surface area (Å²) < 4.78 is 35.0. The van der Waals surface area contributed by atoms with Crippen molar-refractivity contribution in [3.8, 4) is 5.75 Å². The highest BCUT2D eigenvalue weighted by Gasteiger charge is 2.35. The molecule has 1 saturated carbocycles. The number of ether oxygens (including phenoxy) is 1. The number of anilines is 1. The van der Waals surface area contributed by atoms with E-state index in [0.29, 0.717) is 18.0 Å². The van der Waals surface area contributed by atoms with Crippen LogP contribution in [0.4, 0.5) is 5.69 Å². The second-order valence-electron chi connectivity index (χ2n) is 11.5. The fourth-order valence-corrected chi connectivity index (χ4v) is 7.26. The van der Waals surface area contributed by atoms with Gasteiger partial charge < -0.3 is 15.0 Å². The van der Waals surface area contributed by atoms with Gasteiger partial charge in [0.1, 0.15) is 18.3 Å². The van der Waals surface area contributed by atoms with Crippen molar-refractivity contribution in [2.75, 3.05) is 17.5 Å². The van der Waals surface area contributed by atoms with Crippen LogP contribution in [0.15, 0.2) is 120 Å². The first-order chi connectivity index (χ1) is 22.3. The van der Waals surface area contributed by atoms with Crippen LogP contribution in [0.3, 0.4) is 0 Å². The average molecular weight is 640 g/mol. The molecule has 0 aromatic heterocycles. The predicted molar refractivity (Wildman–Crippen MR) is 180 cm³/mol. The summed E-state index contributed by atoms with van der Waals surface area (Å²) in [7, 11) is -4.16. The molecular formula is C37H41N3O5S. The minimum absolute atomic E-state index is 0.0539. The molecule has 0 bridgehead atoms. The van der Waals surface area contributed by atoms with E-state index in [2.05, 4.69) is 5.32 Å². The number of carbonyl (C=O) groups is 2. The number of hydrogen-bond acceptors (Lipinski definition) is 5. The summed E-state index contributed by atoms with van der Waals surface area (Å²) in [5.74, 6) is -0.134. The van der Waals surface area contributed by atoms with Crippen molar-refractivity contribution >= 4 is 27.5 Å². The molecule has 2 amide bonds. The molecule has 1 atom stereocenters. The number of amides is 2. The average Bonchev–Trinajstić information content (AvgIpc) is 3.60. The minimum atomic E-state index is -4.16. The fraction of sp³-hybridized carbons (Fsp3) is 0.297. The van der Waals surface area contributed by atoms with Crippen molar-refractivity contribution in [1.82, 2.24) is 10.2 Å².